The molecule has 0 saturated carbocycles. The minimum absolute atomic E-state index is 0.0545. The third-order valence-corrected chi connectivity index (χ3v) is 4.25. The van der Waals surface area contributed by atoms with Crippen LogP contribution in [0.1, 0.15) is 39.9 Å². The van der Waals surface area contributed by atoms with E-state index in [1.807, 2.05) is 17.4 Å². The van der Waals surface area contributed by atoms with E-state index in [1.54, 1.807) is 18.2 Å². The molecule has 0 aliphatic heterocycles. The van der Waals surface area contributed by atoms with Crippen molar-refractivity contribution in [3.8, 4) is 0 Å². The summed E-state index contributed by atoms with van der Waals surface area (Å²) in [6.45, 7) is 0. The van der Waals surface area contributed by atoms with Gasteiger partial charge in [0.1, 0.15) is 6.04 Å². The van der Waals surface area contributed by atoms with Crippen LogP contribution < -0.4 is 5.32 Å². The van der Waals surface area contributed by atoms with E-state index in [0.717, 1.165) is 5.56 Å². The second-order valence-corrected chi connectivity index (χ2v) is 6.54. The highest BCUT2D eigenvalue weighted by atomic mass is 19.4. The lowest BCUT2D eigenvalue weighted by Gasteiger charge is -2.17. The van der Waals surface area contributed by atoms with Gasteiger partial charge in [-0.25, -0.2) is 4.79 Å². The first kappa shape index (κ1) is 23.2. The fourth-order valence-electron chi connectivity index (χ4n) is 2.74. The molecule has 0 fully saturated rings. The van der Waals surface area contributed by atoms with Gasteiger partial charge in [-0.3, -0.25) is 4.79 Å². The number of carbonyl (C=O) groups excluding carboxylic acids is 1. The first-order valence-electron chi connectivity index (χ1n) is 8.75. The standard InChI is InChI=1S/C20H17F6NO3/c21-19(22,23)14-9-13(10-15(11-14)20(24,25)26)17(28)27-16(18(29)30)8-4-7-12-5-2-1-3-6-12/h1-3,5-6,9-11,16H,4,7-8H2,(H,27,28)(H,29,30)/t16-/m0/s1. The maximum Gasteiger partial charge on any atom is 0.416 e. The zero-order chi connectivity index (χ0) is 22.5. The second-order valence-electron chi connectivity index (χ2n) is 6.54. The van der Waals surface area contributed by atoms with Crippen LogP contribution in [0.3, 0.4) is 0 Å². The second kappa shape index (κ2) is 9.19. The highest BCUT2D eigenvalue weighted by Gasteiger charge is 2.37. The van der Waals surface area contributed by atoms with Crippen LogP contribution in [0.2, 0.25) is 0 Å². The fourth-order valence-corrected chi connectivity index (χ4v) is 2.74. The molecule has 2 N–H and O–H groups in total. The maximum absolute atomic E-state index is 12.9. The first-order chi connectivity index (χ1) is 13.9. The summed E-state index contributed by atoms with van der Waals surface area (Å²) in [6.07, 6.45) is -9.46. The Morgan fingerprint density at radius 2 is 1.43 bits per heavy atom. The van der Waals surface area contributed by atoms with Crippen LogP contribution in [0.15, 0.2) is 48.5 Å². The van der Waals surface area contributed by atoms with E-state index in [2.05, 4.69) is 0 Å². The normalized spacial score (nSPS) is 13.0. The molecule has 10 heteroatoms. The molecule has 0 heterocycles. The minimum atomic E-state index is -5.11. The molecule has 0 spiro atoms. The Balaban J connectivity index is 2.17. The summed E-state index contributed by atoms with van der Waals surface area (Å²) in [5, 5.41) is 11.3. The fraction of sp³-hybridized carbons (Fsp3) is 0.300. The van der Waals surface area contributed by atoms with E-state index in [1.165, 1.54) is 0 Å². The molecule has 0 aliphatic rings. The number of alkyl halides is 6. The Morgan fingerprint density at radius 1 is 0.900 bits per heavy atom. The number of aryl methyl sites for hydroxylation is 1. The number of aliphatic carboxylic acids is 1. The highest BCUT2D eigenvalue weighted by Crippen LogP contribution is 2.36. The lowest BCUT2D eigenvalue weighted by molar-refractivity contribution is -0.143. The number of nitrogens with one attached hydrogen (secondary N) is 1. The molecule has 0 radical (unpaired) electrons. The molecule has 0 aliphatic carbocycles. The summed E-state index contributed by atoms with van der Waals surface area (Å²) >= 11 is 0. The quantitative estimate of drug-likeness (QED) is 0.609. The van der Waals surface area contributed by atoms with Gasteiger partial charge >= 0.3 is 18.3 Å². The molecular weight excluding hydrogens is 416 g/mol. The highest BCUT2D eigenvalue weighted by molar-refractivity contribution is 5.97. The van der Waals surface area contributed by atoms with E-state index < -0.39 is 47.0 Å². The molecule has 4 nitrogen and oxygen atoms in total. The number of benzene rings is 2. The summed E-state index contributed by atoms with van der Waals surface area (Å²) in [4.78, 5) is 23.6. The maximum atomic E-state index is 12.9. The first-order valence-corrected chi connectivity index (χ1v) is 8.75. The van der Waals surface area contributed by atoms with Crippen LogP contribution in [-0.4, -0.2) is 23.0 Å². The van der Waals surface area contributed by atoms with Crippen LogP contribution in [0.4, 0.5) is 26.3 Å². The molecule has 0 aromatic heterocycles. The zero-order valence-corrected chi connectivity index (χ0v) is 15.3. The van der Waals surface area contributed by atoms with Gasteiger partial charge in [0.15, 0.2) is 0 Å². The van der Waals surface area contributed by atoms with Gasteiger partial charge in [-0.2, -0.15) is 26.3 Å². The molecule has 1 amide bonds. The van der Waals surface area contributed by atoms with Gasteiger partial charge in [-0.05, 0) is 43.0 Å². The van der Waals surface area contributed by atoms with Gasteiger partial charge in [0.05, 0.1) is 11.1 Å². The monoisotopic (exact) mass is 433 g/mol. The largest absolute Gasteiger partial charge is 0.480 e. The van der Waals surface area contributed by atoms with Crippen molar-refractivity contribution in [3.05, 3.63) is 70.8 Å². The summed E-state index contributed by atoms with van der Waals surface area (Å²) in [7, 11) is 0. The number of carboxylic acid groups (broad SMARTS) is 1. The predicted molar refractivity (Wildman–Crippen MR) is 94.7 cm³/mol. The van der Waals surface area contributed by atoms with Crippen molar-refractivity contribution < 1.29 is 41.0 Å². The number of carboxylic acids is 1. The lowest BCUT2D eigenvalue weighted by Crippen LogP contribution is -2.41. The van der Waals surface area contributed by atoms with Gasteiger partial charge < -0.3 is 10.4 Å². The number of hydrogen-bond donors (Lipinski definition) is 2. The Hall–Kier alpha value is -3.04. The van der Waals surface area contributed by atoms with Gasteiger partial charge in [-0.1, -0.05) is 30.3 Å². The minimum Gasteiger partial charge on any atom is -0.480 e. The van der Waals surface area contributed by atoms with Crippen LogP contribution in [-0.2, 0) is 23.6 Å². The van der Waals surface area contributed by atoms with E-state index in [9.17, 15) is 41.0 Å². The van der Waals surface area contributed by atoms with Crippen molar-refractivity contribution in [2.75, 3.05) is 0 Å². The van der Waals surface area contributed by atoms with Gasteiger partial charge in [0.2, 0.25) is 0 Å². The third-order valence-electron chi connectivity index (χ3n) is 4.25. The van der Waals surface area contributed by atoms with Gasteiger partial charge in [0.25, 0.3) is 5.91 Å². The Bertz CT molecular complexity index is 861. The molecule has 162 valence electrons. The lowest BCUT2D eigenvalue weighted by atomic mass is 10.0. The molecule has 0 bridgehead atoms. The predicted octanol–water partition coefficient (Wildman–Crippen LogP) is 4.93. The summed E-state index contributed by atoms with van der Waals surface area (Å²) in [5.41, 5.74) is -3.32. The van der Waals surface area contributed by atoms with Crippen molar-refractivity contribution >= 4 is 11.9 Å². The number of rotatable bonds is 7. The molecule has 0 unspecified atom stereocenters. The van der Waals surface area contributed by atoms with Crippen LogP contribution in [0, 0.1) is 0 Å². The molecule has 30 heavy (non-hydrogen) atoms. The number of halogens is 6. The summed E-state index contributed by atoms with van der Waals surface area (Å²) in [5.74, 6) is -2.78. The van der Waals surface area contributed by atoms with Crippen molar-refractivity contribution in [2.45, 2.75) is 37.7 Å². The van der Waals surface area contributed by atoms with Crippen LogP contribution in [0.25, 0.3) is 0 Å². The molecule has 2 rings (SSSR count). The average molecular weight is 433 g/mol. The summed E-state index contributed by atoms with van der Waals surface area (Å²) in [6, 6.07) is 7.95. The number of hydrogen-bond acceptors (Lipinski definition) is 2. The van der Waals surface area contributed by atoms with Crippen molar-refractivity contribution in [1.29, 1.82) is 0 Å². The van der Waals surface area contributed by atoms with Crippen LogP contribution in [0.5, 0.6) is 0 Å². The molecule has 2 aromatic rings. The van der Waals surface area contributed by atoms with Crippen LogP contribution >= 0.6 is 0 Å². The Morgan fingerprint density at radius 3 is 1.90 bits per heavy atom. The summed E-state index contributed by atoms with van der Waals surface area (Å²) < 4.78 is 77.5. The Kier molecular flexibility index (Phi) is 7.12. The van der Waals surface area contributed by atoms with Crippen molar-refractivity contribution in [2.24, 2.45) is 0 Å². The van der Waals surface area contributed by atoms with Gasteiger partial charge in [0, 0.05) is 5.56 Å². The molecule has 1 atom stereocenters. The smallest absolute Gasteiger partial charge is 0.416 e. The average Bonchev–Trinajstić information content (AvgIpc) is 2.66. The van der Waals surface area contributed by atoms with E-state index in [-0.39, 0.29) is 24.6 Å². The Labute approximate surface area is 167 Å². The zero-order valence-electron chi connectivity index (χ0n) is 15.3. The van der Waals surface area contributed by atoms with E-state index in [0.29, 0.717) is 12.8 Å². The molecular formula is C20H17F6NO3. The van der Waals surface area contributed by atoms with E-state index >= 15 is 0 Å². The molecule has 0 saturated heterocycles. The van der Waals surface area contributed by atoms with Crippen molar-refractivity contribution in [1.82, 2.24) is 5.32 Å². The molecule has 2 aromatic carbocycles. The SMILES string of the molecule is O=C(N[C@@H](CCCc1ccccc1)C(=O)O)c1cc(C(F)(F)F)cc(C(F)(F)F)c1. The topological polar surface area (TPSA) is 66.4 Å². The van der Waals surface area contributed by atoms with Gasteiger partial charge in [-0.15, -0.1) is 0 Å². The third kappa shape index (κ3) is 6.50. The number of amides is 1. The van der Waals surface area contributed by atoms with Crippen molar-refractivity contribution in [3.63, 3.8) is 0 Å². The van der Waals surface area contributed by atoms with E-state index in [4.69, 9.17) is 0 Å². The number of carbonyl (C=O) groups is 2.